The van der Waals surface area contributed by atoms with Crippen molar-refractivity contribution in [2.75, 3.05) is 25.4 Å². The molecule has 0 bridgehead atoms. The van der Waals surface area contributed by atoms with Gasteiger partial charge in [0.1, 0.15) is 0 Å². The Morgan fingerprint density at radius 1 is 1.19 bits per heavy atom. The molecular weight excluding hydrogens is 334 g/mol. The number of aryl methyl sites for hydroxylation is 2. The summed E-state index contributed by atoms with van der Waals surface area (Å²) in [6, 6.07) is 0. The van der Waals surface area contributed by atoms with Gasteiger partial charge in [0.2, 0.25) is 17.8 Å². The van der Waals surface area contributed by atoms with E-state index in [-0.39, 0.29) is 30.7 Å². The van der Waals surface area contributed by atoms with E-state index in [1.165, 1.54) is 0 Å². The van der Waals surface area contributed by atoms with Crippen LogP contribution in [0.15, 0.2) is 0 Å². The number of amides is 2. The fourth-order valence-electron chi connectivity index (χ4n) is 2.80. The molecule has 0 radical (unpaired) electrons. The highest BCUT2D eigenvalue weighted by Gasteiger charge is 2.20. The monoisotopic (exact) mass is 361 g/mol. The molecule has 0 saturated carbocycles. The predicted molar refractivity (Wildman–Crippen MR) is 98.5 cm³/mol. The van der Waals surface area contributed by atoms with Gasteiger partial charge in [-0.25, -0.2) is 4.98 Å². The molecule has 2 aromatic rings. The van der Waals surface area contributed by atoms with Gasteiger partial charge in [-0.05, 0) is 26.7 Å². The number of rotatable bonds is 8. The van der Waals surface area contributed by atoms with Crippen LogP contribution >= 0.6 is 0 Å². The minimum absolute atomic E-state index is 0.0662. The van der Waals surface area contributed by atoms with Gasteiger partial charge in [-0.2, -0.15) is 9.50 Å². The number of nitrogens with two attached hydrogens (primary N) is 1. The lowest BCUT2D eigenvalue weighted by Crippen LogP contribution is -2.42. The Labute approximate surface area is 153 Å². The fraction of sp³-hybridized carbons (Fsp3) is 0.588. The van der Waals surface area contributed by atoms with Crippen LogP contribution in [0, 0.1) is 13.8 Å². The van der Waals surface area contributed by atoms with Crippen molar-refractivity contribution in [1.82, 2.24) is 29.8 Å². The third-order valence-corrected chi connectivity index (χ3v) is 4.15. The molecule has 0 aliphatic rings. The van der Waals surface area contributed by atoms with E-state index in [1.54, 1.807) is 9.42 Å². The molecule has 3 N–H and O–H groups in total. The van der Waals surface area contributed by atoms with Crippen molar-refractivity contribution in [3.8, 4) is 0 Å². The number of hydrogen-bond donors (Lipinski definition) is 2. The maximum atomic E-state index is 12.8. The number of nitrogens with zero attached hydrogens (tertiary/aromatic N) is 5. The van der Waals surface area contributed by atoms with E-state index in [2.05, 4.69) is 20.4 Å². The summed E-state index contributed by atoms with van der Waals surface area (Å²) in [5.41, 5.74) is 7.91. The van der Waals surface area contributed by atoms with E-state index in [9.17, 15) is 9.59 Å². The van der Waals surface area contributed by atoms with Gasteiger partial charge in [0, 0.05) is 30.0 Å². The van der Waals surface area contributed by atoms with Crippen LogP contribution < -0.4 is 11.1 Å². The molecule has 142 valence electrons. The predicted octanol–water partition coefficient (Wildman–Crippen LogP) is 0.631. The summed E-state index contributed by atoms with van der Waals surface area (Å²) in [7, 11) is 0. The molecule has 26 heavy (non-hydrogen) atoms. The molecule has 9 nitrogen and oxygen atoms in total. The van der Waals surface area contributed by atoms with Crippen LogP contribution in [0.2, 0.25) is 0 Å². The van der Waals surface area contributed by atoms with Crippen LogP contribution in [0.3, 0.4) is 0 Å². The molecule has 9 heteroatoms. The summed E-state index contributed by atoms with van der Waals surface area (Å²) in [5.74, 6) is 0.306. The smallest absolute Gasteiger partial charge is 0.254 e. The maximum absolute atomic E-state index is 12.8. The quantitative estimate of drug-likeness (QED) is 0.712. The molecule has 0 atom stereocenters. The van der Waals surface area contributed by atoms with Crippen molar-refractivity contribution in [3.05, 3.63) is 17.0 Å². The standard InChI is InChI=1S/C17H27N7O2/c1-5-7-19-14(25)10-23(8-6-2)15(26)9-13-11(3)20-17-21-16(18)22-24(17)12(13)4/h5-10H2,1-4H3,(H2,18,22)(H,19,25). The fourth-order valence-corrected chi connectivity index (χ4v) is 2.80. The van der Waals surface area contributed by atoms with Crippen LogP contribution in [-0.4, -0.2) is 55.9 Å². The van der Waals surface area contributed by atoms with E-state index in [0.29, 0.717) is 24.6 Å². The third kappa shape index (κ3) is 4.47. The first-order valence-electron chi connectivity index (χ1n) is 8.90. The molecule has 0 aromatic carbocycles. The Morgan fingerprint density at radius 3 is 2.58 bits per heavy atom. The average molecular weight is 361 g/mol. The SMILES string of the molecule is CCCNC(=O)CN(CCC)C(=O)Cc1c(C)nc2nc(N)nn2c1C. The summed E-state index contributed by atoms with van der Waals surface area (Å²) in [5, 5.41) is 6.93. The second kappa shape index (κ2) is 8.59. The van der Waals surface area contributed by atoms with E-state index < -0.39 is 0 Å². The van der Waals surface area contributed by atoms with Crippen LogP contribution in [0.4, 0.5) is 5.95 Å². The molecule has 0 fully saturated rings. The lowest BCUT2D eigenvalue weighted by Gasteiger charge is -2.22. The Kier molecular flexibility index (Phi) is 6.48. The highest BCUT2D eigenvalue weighted by atomic mass is 16.2. The Bertz CT molecular complexity index is 800. The largest absolute Gasteiger partial charge is 0.366 e. The van der Waals surface area contributed by atoms with Crippen molar-refractivity contribution in [3.63, 3.8) is 0 Å². The summed E-state index contributed by atoms with van der Waals surface area (Å²) in [6.07, 6.45) is 1.79. The number of fused-ring (bicyclic) bond motifs is 1. The number of aromatic nitrogens is 4. The summed E-state index contributed by atoms with van der Waals surface area (Å²) < 4.78 is 1.54. The number of carbonyl (C=O) groups excluding carboxylic acids is 2. The van der Waals surface area contributed by atoms with E-state index >= 15 is 0 Å². The van der Waals surface area contributed by atoms with Crippen molar-refractivity contribution in [2.24, 2.45) is 0 Å². The van der Waals surface area contributed by atoms with Crippen molar-refractivity contribution in [1.29, 1.82) is 0 Å². The molecule has 0 saturated heterocycles. The van der Waals surface area contributed by atoms with Gasteiger partial charge in [-0.1, -0.05) is 13.8 Å². The molecule has 2 amide bonds. The van der Waals surface area contributed by atoms with E-state index in [1.807, 2.05) is 27.7 Å². The molecule has 0 unspecified atom stereocenters. The summed E-state index contributed by atoms with van der Waals surface area (Å²) in [6.45, 7) is 8.86. The highest BCUT2D eigenvalue weighted by Crippen LogP contribution is 2.16. The molecule has 0 aliphatic heterocycles. The maximum Gasteiger partial charge on any atom is 0.254 e. The minimum Gasteiger partial charge on any atom is -0.366 e. The normalized spacial score (nSPS) is 10.9. The van der Waals surface area contributed by atoms with Crippen molar-refractivity contribution >= 4 is 23.5 Å². The van der Waals surface area contributed by atoms with Gasteiger partial charge in [0.15, 0.2) is 0 Å². The Morgan fingerprint density at radius 2 is 1.92 bits per heavy atom. The summed E-state index contributed by atoms with van der Waals surface area (Å²) in [4.78, 5) is 34.8. The second-order valence-electron chi connectivity index (χ2n) is 6.29. The molecule has 0 spiro atoms. The van der Waals surface area contributed by atoms with Gasteiger partial charge < -0.3 is 16.0 Å². The van der Waals surface area contributed by atoms with Crippen molar-refractivity contribution in [2.45, 2.75) is 47.0 Å². The lowest BCUT2D eigenvalue weighted by molar-refractivity contribution is -0.135. The zero-order valence-electron chi connectivity index (χ0n) is 15.9. The lowest BCUT2D eigenvalue weighted by atomic mass is 10.1. The highest BCUT2D eigenvalue weighted by molar-refractivity contribution is 5.86. The van der Waals surface area contributed by atoms with Gasteiger partial charge in [-0.3, -0.25) is 9.59 Å². The summed E-state index contributed by atoms with van der Waals surface area (Å²) >= 11 is 0. The van der Waals surface area contributed by atoms with Gasteiger partial charge >= 0.3 is 0 Å². The minimum atomic E-state index is -0.139. The zero-order chi connectivity index (χ0) is 19.3. The van der Waals surface area contributed by atoms with Gasteiger partial charge in [0.05, 0.1) is 13.0 Å². The molecule has 0 aliphatic carbocycles. The number of anilines is 1. The molecule has 2 aromatic heterocycles. The van der Waals surface area contributed by atoms with Gasteiger partial charge in [-0.15, -0.1) is 5.10 Å². The number of carbonyl (C=O) groups is 2. The number of nitrogen functional groups attached to an aromatic ring is 1. The van der Waals surface area contributed by atoms with Crippen molar-refractivity contribution < 1.29 is 9.59 Å². The van der Waals surface area contributed by atoms with Crippen LogP contribution in [0.5, 0.6) is 0 Å². The molecular formula is C17H27N7O2. The van der Waals surface area contributed by atoms with Crippen LogP contribution in [-0.2, 0) is 16.0 Å². The zero-order valence-corrected chi connectivity index (χ0v) is 15.9. The third-order valence-electron chi connectivity index (χ3n) is 4.15. The molecule has 2 heterocycles. The first kappa shape index (κ1) is 19.6. The first-order valence-corrected chi connectivity index (χ1v) is 8.90. The van der Waals surface area contributed by atoms with E-state index in [4.69, 9.17) is 5.73 Å². The average Bonchev–Trinajstić information content (AvgIpc) is 2.96. The number of hydrogen-bond acceptors (Lipinski definition) is 6. The Balaban J connectivity index is 2.20. The van der Waals surface area contributed by atoms with Crippen LogP contribution in [0.25, 0.3) is 5.78 Å². The Hall–Kier alpha value is -2.71. The second-order valence-corrected chi connectivity index (χ2v) is 6.29. The topological polar surface area (TPSA) is 119 Å². The van der Waals surface area contributed by atoms with Gasteiger partial charge in [0.25, 0.3) is 5.78 Å². The number of nitrogens with one attached hydrogen (secondary N) is 1. The van der Waals surface area contributed by atoms with Crippen LogP contribution in [0.1, 0.15) is 43.6 Å². The molecule has 2 rings (SSSR count). The van der Waals surface area contributed by atoms with E-state index in [0.717, 1.165) is 24.1 Å². The first-order chi connectivity index (χ1) is 12.4.